The lowest BCUT2D eigenvalue weighted by Gasteiger charge is -2.37. The molecule has 2 heterocycles. The van der Waals surface area contributed by atoms with Gasteiger partial charge in [0.25, 0.3) is 0 Å². The van der Waals surface area contributed by atoms with Gasteiger partial charge in [0.05, 0.1) is 0 Å². The zero-order chi connectivity index (χ0) is 13.0. The maximum atomic E-state index is 5.68. The van der Waals surface area contributed by atoms with Gasteiger partial charge in [-0.2, -0.15) is 0 Å². The summed E-state index contributed by atoms with van der Waals surface area (Å²) in [4.78, 5) is 9.30. The third-order valence-electron chi connectivity index (χ3n) is 3.71. The van der Waals surface area contributed by atoms with E-state index < -0.39 is 0 Å². The van der Waals surface area contributed by atoms with Crippen LogP contribution in [0.1, 0.15) is 18.4 Å². The molecule has 0 saturated carbocycles. The molecule has 0 aromatic carbocycles. The number of piperidine rings is 1. The molecule has 0 bridgehead atoms. The van der Waals surface area contributed by atoms with Crippen molar-refractivity contribution in [3.8, 4) is 0 Å². The number of anilines is 1. The summed E-state index contributed by atoms with van der Waals surface area (Å²) in [6.45, 7) is 2.87. The Morgan fingerprint density at radius 3 is 3.06 bits per heavy atom. The molecule has 1 saturated heterocycles. The fourth-order valence-electron chi connectivity index (χ4n) is 2.63. The second-order valence-electron chi connectivity index (χ2n) is 5.23. The van der Waals surface area contributed by atoms with Crippen LogP contribution in [0.15, 0.2) is 18.3 Å². The van der Waals surface area contributed by atoms with Crippen LogP contribution in [-0.4, -0.2) is 49.7 Å². The van der Waals surface area contributed by atoms with Gasteiger partial charge in [-0.1, -0.05) is 6.07 Å². The summed E-state index contributed by atoms with van der Waals surface area (Å²) in [7, 11) is 4.32. The lowest BCUT2D eigenvalue weighted by Crippen LogP contribution is -2.45. The predicted molar refractivity (Wildman–Crippen MR) is 75.9 cm³/mol. The van der Waals surface area contributed by atoms with Gasteiger partial charge in [-0.25, -0.2) is 4.98 Å². The van der Waals surface area contributed by atoms with Crippen LogP contribution in [0.4, 0.5) is 5.82 Å². The Labute approximate surface area is 110 Å². The molecule has 100 valence electrons. The Bertz CT molecular complexity index is 378. The molecule has 0 aliphatic carbocycles. The van der Waals surface area contributed by atoms with Crippen LogP contribution < -0.4 is 10.6 Å². The van der Waals surface area contributed by atoms with Crippen LogP contribution in [0, 0.1) is 0 Å². The first-order chi connectivity index (χ1) is 8.72. The van der Waals surface area contributed by atoms with Gasteiger partial charge in [-0.3, -0.25) is 0 Å². The summed E-state index contributed by atoms with van der Waals surface area (Å²) in [5.74, 6) is 1.13. The second kappa shape index (κ2) is 6.16. The number of pyridine rings is 1. The van der Waals surface area contributed by atoms with E-state index in [1.807, 2.05) is 12.3 Å². The largest absolute Gasteiger partial charge is 0.355 e. The van der Waals surface area contributed by atoms with Gasteiger partial charge in [0.1, 0.15) is 5.82 Å². The number of rotatable bonds is 4. The highest BCUT2D eigenvalue weighted by molar-refractivity contribution is 5.47. The number of nitrogens with zero attached hydrogens (tertiary/aromatic N) is 3. The fraction of sp³-hybridized carbons (Fsp3) is 0.643. The highest BCUT2D eigenvalue weighted by atomic mass is 15.2. The Balaban J connectivity index is 2.15. The topological polar surface area (TPSA) is 45.4 Å². The van der Waals surface area contributed by atoms with Crippen molar-refractivity contribution in [3.05, 3.63) is 23.9 Å². The molecule has 0 radical (unpaired) electrons. The summed E-state index contributed by atoms with van der Waals surface area (Å²) in [5.41, 5.74) is 6.96. The molecule has 4 nitrogen and oxygen atoms in total. The maximum absolute atomic E-state index is 5.68. The highest BCUT2D eigenvalue weighted by Crippen LogP contribution is 2.23. The minimum Gasteiger partial charge on any atom is -0.355 e. The lowest BCUT2D eigenvalue weighted by molar-refractivity contribution is 0.257. The number of hydrogen-bond acceptors (Lipinski definition) is 4. The van der Waals surface area contributed by atoms with E-state index in [2.05, 4.69) is 34.9 Å². The smallest absolute Gasteiger partial charge is 0.131 e. The molecule has 1 fully saturated rings. The van der Waals surface area contributed by atoms with Crippen molar-refractivity contribution in [3.63, 3.8) is 0 Å². The van der Waals surface area contributed by atoms with E-state index in [0.29, 0.717) is 12.6 Å². The monoisotopic (exact) mass is 248 g/mol. The van der Waals surface area contributed by atoms with Crippen LogP contribution in [-0.2, 0) is 6.42 Å². The molecule has 1 atom stereocenters. The molecule has 1 aliphatic heterocycles. The summed E-state index contributed by atoms with van der Waals surface area (Å²) >= 11 is 0. The third-order valence-corrected chi connectivity index (χ3v) is 3.71. The maximum Gasteiger partial charge on any atom is 0.131 e. The van der Waals surface area contributed by atoms with Gasteiger partial charge in [-0.05, 0) is 51.5 Å². The highest BCUT2D eigenvalue weighted by Gasteiger charge is 2.23. The molecule has 4 heteroatoms. The number of likely N-dealkylation sites (N-methyl/N-ethyl adjacent to an activating group) is 1. The minimum absolute atomic E-state index is 0.631. The van der Waals surface area contributed by atoms with Gasteiger partial charge in [0, 0.05) is 25.3 Å². The van der Waals surface area contributed by atoms with E-state index in [1.54, 1.807) is 0 Å². The van der Waals surface area contributed by atoms with E-state index in [1.165, 1.54) is 18.4 Å². The minimum atomic E-state index is 0.631. The third kappa shape index (κ3) is 3.00. The molecule has 1 aromatic heterocycles. The summed E-state index contributed by atoms with van der Waals surface area (Å²) in [5, 5.41) is 0. The van der Waals surface area contributed by atoms with Gasteiger partial charge >= 0.3 is 0 Å². The Hall–Kier alpha value is -1.13. The Morgan fingerprint density at radius 1 is 1.50 bits per heavy atom. The van der Waals surface area contributed by atoms with Crippen LogP contribution in [0.25, 0.3) is 0 Å². The van der Waals surface area contributed by atoms with E-state index >= 15 is 0 Å². The summed E-state index contributed by atoms with van der Waals surface area (Å²) in [6, 6.07) is 4.78. The van der Waals surface area contributed by atoms with E-state index in [0.717, 1.165) is 25.3 Å². The first-order valence-corrected chi connectivity index (χ1v) is 6.77. The first-order valence-electron chi connectivity index (χ1n) is 6.77. The van der Waals surface area contributed by atoms with Crippen molar-refractivity contribution in [1.29, 1.82) is 0 Å². The SMILES string of the molecule is CN(C)C1CCCN(c2ncccc2CCN)C1. The molecule has 1 aromatic rings. The molecule has 1 aliphatic rings. The molecule has 0 amide bonds. The van der Waals surface area contributed by atoms with E-state index in [-0.39, 0.29) is 0 Å². The predicted octanol–water partition coefficient (Wildman–Crippen LogP) is 1.11. The van der Waals surface area contributed by atoms with E-state index in [4.69, 9.17) is 5.73 Å². The van der Waals surface area contributed by atoms with E-state index in [9.17, 15) is 0 Å². The molecule has 1 unspecified atom stereocenters. The molecule has 18 heavy (non-hydrogen) atoms. The Kier molecular flexibility index (Phi) is 4.55. The lowest BCUT2D eigenvalue weighted by atomic mass is 10.0. The van der Waals surface area contributed by atoms with Gasteiger partial charge in [0.2, 0.25) is 0 Å². The molecule has 2 rings (SSSR count). The van der Waals surface area contributed by atoms with Gasteiger partial charge < -0.3 is 15.5 Å². The van der Waals surface area contributed by atoms with Crippen LogP contribution in [0.3, 0.4) is 0 Å². The van der Waals surface area contributed by atoms with Crippen LogP contribution >= 0.6 is 0 Å². The average Bonchev–Trinajstić information content (AvgIpc) is 2.40. The quantitative estimate of drug-likeness (QED) is 0.867. The fourth-order valence-corrected chi connectivity index (χ4v) is 2.63. The van der Waals surface area contributed by atoms with Crippen molar-refractivity contribution < 1.29 is 0 Å². The van der Waals surface area contributed by atoms with Crippen molar-refractivity contribution >= 4 is 5.82 Å². The second-order valence-corrected chi connectivity index (χ2v) is 5.23. The summed E-state index contributed by atoms with van der Waals surface area (Å²) in [6.07, 6.45) is 5.31. The zero-order valence-corrected chi connectivity index (χ0v) is 11.5. The van der Waals surface area contributed by atoms with Crippen molar-refractivity contribution in [2.75, 3.05) is 38.6 Å². The van der Waals surface area contributed by atoms with Crippen molar-refractivity contribution in [1.82, 2.24) is 9.88 Å². The molecule has 2 N–H and O–H groups in total. The van der Waals surface area contributed by atoms with Crippen molar-refractivity contribution in [2.45, 2.75) is 25.3 Å². The number of hydrogen-bond donors (Lipinski definition) is 1. The van der Waals surface area contributed by atoms with Crippen LogP contribution in [0.5, 0.6) is 0 Å². The van der Waals surface area contributed by atoms with Gasteiger partial charge in [-0.15, -0.1) is 0 Å². The summed E-state index contributed by atoms with van der Waals surface area (Å²) < 4.78 is 0. The van der Waals surface area contributed by atoms with Gasteiger partial charge in [0.15, 0.2) is 0 Å². The van der Waals surface area contributed by atoms with Crippen molar-refractivity contribution in [2.24, 2.45) is 5.73 Å². The number of aromatic nitrogens is 1. The molecular weight excluding hydrogens is 224 g/mol. The number of nitrogens with two attached hydrogens (primary N) is 1. The average molecular weight is 248 g/mol. The molecular formula is C14H24N4. The first kappa shape index (κ1) is 13.3. The Morgan fingerprint density at radius 2 is 2.33 bits per heavy atom. The normalized spacial score (nSPS) is 20.4. The van der Waals surface area contributed by atoms with Crippen LogP contribution in [0.2, 0.25) is 0 Å². The zero-order valence-electron chi connectivity index (χ0n) is 11.5. The standard InChI is InChI=1S/C14H24N4/c1-17(2)13-6-4-10-18(11-13)14-12(7-8-15)5-3-9-16-14/h3,5,9,13H,4,6-8,10-11,15H2,1-2H3. The molecule has 0 spiro atoms.